The van der Waals surface area contributed by atoms with Gasteiger partial charge in [0.05, 0.1) is 30.1 Å². The minimum atomic E-state index is -0.848. The van der Waals surface area contributed by atoms with Crippen molar-refractivity contribution in [3.8, 4) is 0 Å². The van der Waals surface area contributed by atoms with E-state index < -0.39 is 29.4 Å². The lowest BCUT2D eigenvalue weighted by molar-refractivity contribution is -0.383. The third kappa shape index (κ3) is 4.70. The molecule has 0 aliphatic rings. The van der Waals surface area contributed by atoms with Gasteiger partial charge in [-0.05, 0) is 26.0 Å². The van der Waals surface area contributed by atoms with Gasteiger partial charge in [-0.15, -0.1) is 0 Å². The van der Waals surface area contributed by atoms with Gasteiger partial charge in [0.2, 0.25) is 0 Å². The first-order valence-corrected chi connectivity index (χ1v) is 8.17. The normalized spacial score (nSPS) is 12.2. The van der Waals surface area contributed by atoms with Gasteiger partial charge in [0.1, 0.15) is 11.2 Å². The standard InChI is InChI=1S/C16H18ClN3O6/c1-8(2)26-14(22)6-11(7-21)18-16(23)12-4-9-3-10(17)5-13(20(24)25)15(9)19-12/h3-5,8,11,19,21H,6-7H2,1-2H3,(H,18,23)/t11-/m0/s1. The number of aromatic amines is 1. The van der Waals surface area contributed by atoms with E-state index in [1.807, 2.05) is 0 Å². The van der Waals surface area contributed by atoms with Crippen molar-refractivity contribution in [3.63, 3.8) is 0 Å². The summed E-state index contributed by atoms with van der Waals surface area (Å²) in [5, 5.41) is 23.5. The van der Waals surface area contributed by atoms with E-state index in [0.717, 1.165) is 0 Å². The van der Waals surface area contributed by atoms with E-state index in [0.29, 0.717) is 5.39 Å². The lowest BCUT2D eigenvalue weighted by atomic mass is 10.2. The number of nitrogens with zero attached hydrogens (tertiary/aromatic N) is 1. The van der Waals surface area contributed by atoms with Crippen LogP contribution >= 0.6 is 11.6 Å². The van der Waals surface area contributed by atoms with E-state index in [-0.39, 0.29) is 34.4 Å². The first-order chi connectivity index (χ1) is 12.2. The Labute approximate surface area is 153 Å². The minimum Gasteiger partial charge on any atom is -0.463 e. The van der Waals surface area contributed by atoms with Gasteiger partial charge in [-0.3, -0.25) is 19.7 Å². The second-order valence-electron chi connectivity index (χ2n) is 5.92. The third-order valence-corrected chi connectivity index (χ3v) is 3.67. The molecule has 26 heavy (non-hydrogen) atoms. The number of halogens is 1. The summed E-state index contributed by atoms with van der Waals surface area (Å²) < 4.78 is 4.97. The highest BCUT2D eigenvalue weighted by Crippen LogP contribution is 2.29. The SMILES string of the molecule is CC(C)OC(=O)C[C@@H](CO)NC(=O)c1cc2cc(Cl)cc([N+](=O)[O-])c2[nH]1. The molecule has 1 aromatic carbocycles. The van der Waals surface area contributed by atoms with Crippen molar-refractivity contribution < 1.29 is 24.4 Å². The van der Waals surface area contributed by atoms with Crippen LogP contribution in [0.3, 0.4) is 0 Å². The quantitative estimate of drug-likeness (QED) is 0.381. The summed E-state index contributed by atoms with van der Waals surface area (Å²) in [5.41, 5.74) is -0.0591. The zero-order chi connectivity index (χ0) is 19.4. The van der Waals surface area contributed by atoms with Gasteiger partial charge in [0.15, 0.2) is 0 Å². The Morgan fingerprint density at radius 3 is 2.65 bits per heavy atom. The van der Waals surface area contributed by atoms with Crippen LogP contribution < -0.4 is 5.32 Å². The molecule has 0 bridgehead atoms. The maximum Gasteiger partial charge on any atom is 0.308 e. The van der Waals surface area contributed by atoms with Gasteiger partial charge >= 0.3 is 5.97 Å². The third-order valence-electron chi connectivity index (χ3n) is 3.45. The van der Waals surface area contributed by atoms with E-state index in [4.69, 9.17) is 16.3 Å². The molecule has 2 rings (SSSR count). The highest BCUT2D eigenvalue weighted by molar-refractivity contribution is 6.31. The minimum absolute atomic E-state index is 0.0426. The predicted molar refractivity (Wildman–Crippen MR) is 94.1 cm³/mol. The van der Waals surface area contributed by atoms with Gasteiger partial charge in [0.25, 0.3) is 11.6 Å². The number of non-ortho nitro benzene ring substituents is 1. The number of nitrogens with one attached hydrogen (secondary N) is 2. The molecule has 2 aromatic rings. The zero-order valence-corrected chi connectivity index (χ0v) is 14.9. The predicted octanol–water partition coefficient (Wildman–Crippen LogP) is 2.16. The number of carbonyl (C=O) groups excluding carboxylic acids is 2. The first-order valence-electron chi connectivity index (χ1n) is 7.79. The monoisotopic (exact) mass is 383 g/mol. The van der Waals surface area contributed by atoms with Gasteiger partial charge in [-0.25, -0.2) is 0 Å². The molecule has 140 valence electrons. The van der Waals surface area contributed by atoms with Crippen molar-refractivity contribution >= 4 is 40.1 Å². The number of esters is 1. The van der Waals surface area contributed by atoms with Crippen LogP contribution in [0.15, 0.2) is 18.2 Å². The number of amides is 1. The van der Waals surface area contributed by atoms with E-state index in [1.165, 1.54) is 18.2 Å². The molecular weight excluding hydrogens is 366 g/mol. The van der Waals surface area contributed by atoms with Gasteiger partial charge in [-0.2, -0.15) is 0 Å². The van der Waals surface area contributed by atoms with Crippen LogP contribution in [0.4, 0.5) is 5.69 Å². The summed E-state index contributed by atoms with van der Waals surface area (Å²) in [6.07, 6.45) is -0.511. The van der Waals surface area contributed by atoms with Crippen LogP contribution in [0.5, 0.6) is 0 Å². The number of aliphatic hydroxyl groups is 1. The second kappa shape index (κ2) is 8.15. The summed E-state index contributed by atoms with van der Waals surface area (Å²) in [5.74, 6) is -1.18. The number of ether oxygens (including phenoxy) is 1. The molecule has 9 nitrogen and oxygen atoms in total. The summed E-state index contributed by atoms with van der Waals surface area (Å²) in [4.78, 5) is 37.2. The number of carbonyl (C=O) groups is 2. The highest BCUT2D eigenvalue weighted by Gasteiger charge is 2.22. The molecule has 0 aliphatic carbocycles. The van der Waals surface area contributed by atoms with Gasteiger partial charge in [-0.1, -0.05) is 11.6 Å². The lowest BCUT2D eigenvalue weighted by Crippen LogP contribution is -2.39. The number of nitro benzene ring substituents is 1. The maximum absolute atomic E-state index is 12.3. The molecular formula is C16H18ClN3O6. The number of hydrogen-bond acceptors (Lipinski definition) is 6. The van der Waals surface area contributed by atoms with E-state index in [2.05, 4.69) is 10.3 Å². The molecule has 0 radical (unpaired) electrons. The molecule has 0 saturated carbocycles. The fourth-order valence-electron chi connectivity index (χ4n) is 2.39. The fourth-order valence-corrected chi connectivity index (χ4v) is 2.61. The number of nitro groups is 1. The number of H-pyrrole nitrogens is 1. The smallest absolute Gasteiger partial charge is 0.308 e. The number of aliphatic hydroxyl groups excluding tert-OH is 1. The van der Waals surface area contributed by atoms with Crippen molar-refractivity contribution in [1.82, 2.24) is 10.3 Å². The molecule has 1 amide bonds. The first kappa shape index (κ1) is 19.7. The van der Waals surface area contributed by atoms with Crippen molar-refractivity contribution in [2.45, 2.75) is 32.4 Å². The summed E-state index contributed by atoms with van der Waals surface area (Å²) in [6, 6.07) is 3.23. The average Bonchev–Trinajstić information content (AvgIpc) is 2.96. The highest BCUT2D eigenvalue weighted by atomic mass is 35.5. The van der Waals surface area contributed by atoms with Gasteiger partial charge < -0.3 is 20.1 Å². The molecule has 1 aromatic heterocycles. The Kier molecular flexibility index (Phi) is 6.17. The molecule has 3 N–H and O–H groups in total. The summed E-state index contributed by atoms with van der Waals surface area (Å²) in [6.45, 7) is 2.91. The average molecular weight is 384 g/mol. The zero-order valence-electron chi connectivity index (χ0n) is 14.1. The van der Waals surface area contributed by atoms with Crippen molar-refractivity contribution in [2.75, 3.05) is 6.61 Å². The Morgan fingerprint density at radius 1 is 1.38 bits per heavy atom. The number of fused-ring (bicyclic) bond motifs is 1. The summed E-state index contributed by atoms with van der Waals surface area (Å²) >= 11 is 5.86. The Hall–Kier alpha value is -2.65. The number of rotatable bonds is 7. The molecule has 0 fully saturated rings. The van der Waals surface area contributed by atoms with Crippen LogP contribution in [0.1, 0.15) is 30.8 Å². The fraction of sp³-hybridized carbons (Fsp3) is 0.375. The number of aromatic nitrogens is 1. The maximum atomic E-state index is 12.3. The number of benzene rings is 1. The lowest BCUT2D eigenvalue weighted by Gasteiger charge is -2.16. The van der Waals surface area contributed by atoms with Crippen LogP contribution in [0.25, 0.3) is 10.9 Å². The molecule has 0 saturated heterocycles. The van der Waals surface area contributed by atoms with Crippen LogP contribution in [-0.2, 0) is 9.53 Å². The van der Waals surface area contributed by atoms with Gasteiger partial charge in [0, 0.05) is 16.5 Å². The van der Waals surface area contributed by atoms with E-state index in [1.54, 1.807) is 13.8 Å². The van der Waals surface area contributed by atoms with Crippen LogP contribution in [0.2, 0.25) is 5.02 Å². The Bertz CT molecular complexity index is 848. The molecule has 1 heterocycles. The molecule has 0 spiro atoms. The van der Waals surface area contributed by atoms with Crippen molar-refractivity contribution in [2.24, 2.45) is 0 Å². The second-order valence-corrected chi connectivity index (χ2v) is 6.36. The Morgan fingerprint density at radius 2 is 2.08 bits per heavy atom. The molecule has 10 heteroatoms. The molecule has 0 aliphatic heterocycles. The summed E-state index contributed by atoms with van der Waals surface area (Å²) in [7, 11) is 0. The van der Waals surface area contributed by atoms with Crippen LogP contribution in [0, 0.1) is 10.1 Å². The number of hydrogen-bond donors (Lipinski definition) is 3. The molecule has 1 atom stereocenters. The largest absolute Gasteiger partial charge is 0.463 e. The van der Waals surface area contributed by atoms with Crippen molar-refractivity contribution in [1.29, 1.82) is 0 Å². The van der Waals surface area contributed by atoms with Crippen LogP contribution in [-0.4, -0.2) is 45.6 Å². The Balaban J connectivity index is 2.19. The molecule has 0 unspecified atom stereocenters. The van der Waals surface area contributed by atoms with Crippen molar-refractivity contribution in [3.05, 3.63) is 39.0 Å². The topological polar surface area (TPSA) is 135 Å². The van der Waals surface area contributed by atoms with E-state index in [9.17, 15) is 24.8 Å². The van der Waals surface area contributed by atoms with E-state index >= 15 is 0 Å².